The first-order valence-electron chi connectivity index (χ1n) is 8.28. The van der Waals surface area contributed by atoms with Gasteiger partial charge in [-0.2, -0.15) is 0 Å². The number of hydrogen-bond donors (Lipinski definition) is 1. The number of ether oxygens (including phenoxy) is 1. The van der Waals surface area contributed by atoms with Gasteiger partial charge in [0.05, 0.1) is 7.11 Å². The lowest BCUT2D eigenvalue weighted by molar-refractivity contribution is 0.295. The van der Waals surface area contributed by atoms with E-state index in [0.29, 0.717) is 6.04 Å². The molecule has 0 aromatic heterocycles. The number of rotatable bonds is 11. The Balaban J connectivity index is 2.14. The van der Waals surface area contributed by atoms with Crippen LogP contribution in [0.5, 0.6) is 5.75 Å². The molecule has 1 N–H and O–H groups in total. The van der Waals surface area contributed by atoms with Crippen LogP contribution in [0.2, 0.25) is 0 Å². The maximum Gasteiger partial charge on any atom is 0.118 e. The van der Waals surface area contributed by atoms with Gasteiger partial charge in [-0.15, -0.1) is 0 Å². The summed E-state index contributed by atoms with van der Waals surface area (Å²) >= 11 is 0. The molecule has 1 aromatic carbocycles. The van der Waals surface area contributed by atoms with Crippen molar-refractivity contribution in [3.8, 4) is 5.75 Å². The SMILES string of the molecule is CCN(CC)CCCNC(C)CCc1ccc(OC)cc1. The molecule has 1 atom stereocenters. The predicted octanol–water partition coefficient (Wildman–Crippen LogP) is 3.34. The Morgan fingerprint density at radius 2 is 1.81 bits per heavy atom. The normalized spacial score (nSPS) is 12.6. The van der Waals surface area contributed by atoms with E-state index in [4.69, 9.17) is 4.74 Å². The Labute approximate surface area is 130 Å². The Morgan fingerprint density at radius 3 is 2.38 bits per heavy atom. The first-order chi connectivity index (χ1) is 10.2. The third-order valence-corrected chi connectivity index (χ3v) is 4.06. The van der Waals surface area contributed by atoms with Crippen LogP contribution >= 0.6 is 0 Å². The largest absolute Gasteiger partial charge is 0.497 e. The maximum atomic E-state index is 5.18. The van der Waals surface area contributed by atoms with Gasteiger partial charge >= 0.3 is 0 Å². The standard InChI is InChI=1S/C18H32N2O/c1-5-20(6-2)15-7-14-19-16(3)8-9-17-10-12-18(21-4)13-11-17/h10-13,16,19H,5-9,14-15H2,1-4H3. The summed E-state index contributed by atoms with van der Waals surface area (Å²) in [5.74, 6) is 0.932. The zero-order valence-electron chi connectivity index (χ0n) is 14.2. The molecular formula is C18H32N2O. The van der Waals surface area contributed by atoms with Crippen LogP contribution in [0.25, 0.3) is 0 Å². The van der Waals surface area contributed by atoms with Crippen molar-refractivity contribution < 1.29 is 4.74 Å². The fourth-order valence-corrected chi connectivity index (χ4v) is 2.47. The van der Waals surface area contributed by atoms with Gasteiger partial charge in [-0.05, 0) is 70.1 Å². The molecule has 0 fully saturated rings. The molecule has 120 valence electrons. The number of nitrogens with one attached hydrogen (secondary N) is 1. The van der Waals surface area contributed by atoms with Gasteiger partial charge in [0.15, 0.2) is 0 Å². The van der Waals surface area contributed by atoms with Crippen molar-refractivity contribution in [3.05, 3.63) is 29.8 Å². The summed E-state index contributed by atoms with van der Waals surface area (Å²) in [6, 6.07) is 8.97. The van der Waals surface area contributed by atoms with E-state index in [0.717, 1.165) is 31.8 Å². The average molecular weight is 292 g/mol. The highest BCUT2D eigenvalue weighted by atomic mass is 16.5. The summed E-state index contributed by atoms with van der Waals surface area (Å²) in [4.78, 5) is 2.48. The molecular weight excluding hydrogens is 260 g/mol. The molecule has 0 aliphatic heterocycles. The summed E-state index contributed by atoms with van der Waals surface area (Å²) in [5, 5.41) is 3.63. The minimum absolute atomic E-state index is 0.573. The van der Waals surface area contributed by atoms with E-state index in [1.165, 1.54) is 24.9 Å². The summed E-state index contributed by atoms with van der Waals surface area (Å²) in [6.45, 7) is 11.4. The quantitative estimate of drug-likeness (QED) is 0.633. The summed E-state index contributed by atoms with van der Waals surface area (Å²) in [6.07, 6.45) is 3.53. The predicted molar refractivity (Wildman–Crippen MR) is 91.2 cm³/mol. The molecule has 3 heteroatoms. The van der Waals surface area contributed by atoms with Crippen molar-refractivity contribution in [1.29, 1.82) is 0 Å². The first kappa shape index (κ1) is 18.0. The third-order valence-electron chi connectivity index (χ3n) is 4.06. The van der Waals surface area contributed by atoms with Crippen molar-refractivity contribution >= 4 is 0 Å². The zero-order valence-corrected chi connectivity index (χ0v) is 14.2. The third kappa shape index (κ3) is 7.49. The van der Waals surface area contributed by atoms with Gasteiger partial charge in [0.25, 0.3) is 0 Å². The number of methoxy groups -OCH3 is 1. The fourth-order valence-electron chi connectivity index (χ4n) is 2.47. The minimum atomic E-state index is 0.573. The Morgan fingerprint density at radius 1 is 1.14 bits per heavy atom. The monoisotopic (exact) mass is 292 g/mol. The van der Waals surface area contributed by atoms with Crippen LogP contribution in [0.1, 0.15) is 39.2 Å². The smallest absolute Gasteiger partial charge is 0.118 e. The van der Waals surface area contributed by atoms with Crippen LogP contribution in [0.4, 0.5) is 0 Å². The van der Waals surface area contributed by atoms with E-state index in [2.05, 4.69) is 43.1 Å². The van der Waals surface area contributed by atoms with Gasteiger partial charge in [-0.1, -0.05) is 26.0 Å². The topological polar surface area (TPSA) is 24.5 Å². The number of benzene rings is 1. The summed E-state index contributed by atoms with van der Waals surface area (Å²) in [7, 11) is 1.71. The average Bonchev–Trinajstić information content (AvgIpc) is 2.53. The van der Waals surface area contributed by atoms with Crippen molar-refractivity contribution in [2.45, 2.75) is 46.1 Å². The second-order valence-corrected chi connectivity index (χ2v) is 5.62. The summed E-state index contributed by atoms with van der Waals surface area (Å²) in [5.41, 5.74) is 1.38. The van der Waals surface area contributed by atoms with Gasteiger partial charge in [0.2, 0.25) is 0 Å². The number of aryl methyl sites for hydroxylation is 1. The van der Waals surface area contributed by atoms with Gasteiger partial charge < -0.3 is 15.0 Å². The second-order valence-electron chi connectivity index (χ2n) is 5.62. The Hall–Kier alpha value is -1.06. The number of hydrogen-bond acceptors (Lipinski definition) is 3. The van der Waals surface area contributed by atoms with E-state index >= 15 is 0 Å². The highest BCUT2D eigenvalue weighted by Gasteiger charge is 2.03. The van der Waals surface area contributed by atoms with Gasteiger partial charge in [-0.3, -0.25) is 0 Å². The molecule has 0 radical (unpaired) electrons. The van der Waals surface area contributed by atoms with Gasteiger partial charge in [0, 0.05) is 6.04 Å². The Kier molecular flexibility index (Phi) is 9.11. The van der Waals surface area contributed by atoms with Gasteiger partial charge in [-0.25, -0.2) is 0 Å². The van der Waals surface area contributed by atoms with Gasteiger partial charge in [0.1, 0.15) is 5.75 Å². The zero-order chi connectivity index (χ0) is 15.5. The molecule has 1 aromatic rings. The van der Waals surface area contributed by atoms with Crippen molar-refractivity contribution in [2.24, 2.45) is 0 Å². The van der Waals surface area contributed by atoms with E-state index in [1.54, 1.807) is 7.11 Å². The van der Waals surface area contributed by atoms with Crippen molar-refractivity contribution in [2.75, 3.05) is 33.3 Å². The molecule has 1 rings (SSSR count). The molecule has 21 heavy (non-hydrogen) atoms. The van der Waals surface area contributed by atoms with Crippen LogP contribution in [0, 0.1) is 0 Å². The van der Waals surface area contributed by atoms with Crippen LogP contribution in [0.15, 0.2) is 24.3 Å². The molecule has 0 aliphatic carbocycles. The lowest BCUT2D eigenvalue weighted by atomic mass is 10.1. The molecule has 0 saturated heterocycles. The molecule has 0 bridgehead atoms. The molecule has 0 aliphatic rings. The molecule has 0 heterocycles. The highest BCUT2D eigenvalue weighted by Crippen LogP contribution is 2.13. The highest BCUT2D eigenvalue weighted by molar-refractivity contribution is 5.27. The second kappa shape index (κ2) is 10.6. The molecule has 3 nitrogen and oxygen atoms in total. The van der Waals surface area contributed by atoms with Crippen LogP contribution in [-0.4, -0.2) is 44.2 Å². The van der Waals surface area contributed by atoms with E-state index in [9.17, 15) is 0 Å². The van der Waals surface area contributed by atoms with Crippen LogP contribution in [0.3, 0.4) is 0 Å². The lowest BCUT2D eigenvalue weighted by Gasteiger charge is -2.19. The molecule has 0 spiro atoms. The lowest BCUT2D eigenvalue weighted by Crippen LogP contribution is -2.31. The van der Waals surface area contributed by atoms with E-state index in [1.807, 2.05) is 12.1 Å². The Bertz CT molecular complexity index is 360. The fraction of sp³-hybridized carbons (Fsp3) is 0.667. The van der Waals surface area contributed by atoms with E-state index in [-0.39, 0.29) is 0 Å². The molecule has 0 amide bonds. The first-order valence-corrected chi connectivity index (χ1v) is 8.28. The van der Waals surface area contributed by atoms with Crippen LogP contribution in [-0.2, 0) is 6.42 Å². The molecule has 0 saturated carbocycles. The summed E-state index contributed by atoms with van der Waals surface area (Å²) < 4.78 is 5.18. The minimum Gasteiger partial charge on any atom is -0.497 e. The van der Waals surface area contributed by atoms with Crippen LogP contribution < -0.4 is 10.1 Å². The van der Waals surface area contributed by atoms with E-state index < -0.39 is 0 Å². The van der Waals surface area contributed by atoms with Crippen molar-refractivity contribution in [3.63, 3.8) is 0 Å². The van der Waals surface area contributed by atoms with Crippen molar-refractivity contribution in [1.82, 2.24) is 10.2 Å². The number of nitrogens with zero attached hydrogens (tertiary/aromatic N) is 1. The molecule has 1 unspecified atom stereocenters. The maximum absolute atomic E-state index is 5.18.